The second-order valence-electron chi connectivity index (χ2n) is 22.3. The first-order valence-corrected chi connectivity index (χ1v) is 31.6. The van der Waals surface area contributed by atoms with Gasteiger partial charge in [0.05, 0.1) is 51.9 Å². The molecule has 6 N–H and O–H groups in total. The summed E-state index contributed by atoms with van der Waals surface area (Å²) in [6.07, 6.45) is 16.9. The Hall–Kier alpha value is -7.88. The summed E-state index contributed by atoms with van der Waals surface area (Å²) >= 11 is 0. The second-order valence-corrected chi connectivity index (χ2v) is 24.1. The van der Waals surface area contributed by atoms with Crippen molar-refractivity contribution in [1.29, 1.82) is 0 Å². The number of methoxy groups -OCH3 is 2. The quantitative estimate of drug-likeness (QED) is 0.0289. The number of carbonyl (C=O) groups is 5. The number of hydrogen-bond donors (Lipinski definition) is 5. The monoisotopic (exact) mass is 1200 g/mol. The summed E-state index contributed by atoms with van der Waals surface area (Å²) in [6.45, 7) is 8.86. The molecule has 3 atom stereocenters. The lowest BCUT2D eigenvalue weighted by Gasteiger charge is -2.52. The van der Waals surface area contributed by atoms with E-state index in [1.165, 1.54) is 30.9 Å². The van der Waals surface area contributed by atoms with Crippen LogP contribution in [0.1, 0.15) is 112 Å². The Kier molecular flexibility index (Phi) is 25.9. The van der Waals surface area contributed by atoms with Gasteiger partial charge < -0.3 is 49.9 Å². The topological polar surface area (TPSA) is 262 Å². The molecule has 6 aromatic rings. The molecule has 0 saturated carbocycles. The summed E-state index contributed by atoms with van der Waals surface area (Å²) in [5, 5.41) is 5.88. The number of H-pyrrole nitrogens is 1. The fourth-order valence-electron chi connectivity index (χ4n) is 10.6. The normalized spacial score (nSPS) is 14.9. The number of rotatable bonds is 30. The number of unbranched alkanes of at least 4 members (excludes halogenated alkanes) is 3. The third-order valence-corrected chi connectivity index (χ3v) is 16.0. The Bertz CT molecular complexity index is 3150. The Morgan fingerprint density at radius 2 is 1.24 bits per heavy atom. The SMILES string of the molecule is CCCC(N)=O.CCCCCC1(c2ccccc2)CN(C(=O)[C@@H](Cc2ccc(OC)cc2)NC(=O)CCc2cn(C)cn2)C1.CCCCOC1(c2ccccc2)CN(C(=O)C(Cc2ccc(OC)cc2)NC(=O)[C@H](Cc2cnc[nH]2)NS(C)(=O)=O)C1. The Balaban J connectivity index is 0.000000252. The summed E-state index contributed by atoms with van der Waals surface area (Å²) in [5.74, 6) is 0.174. The molecule has 4 heterocycles. The number of ether oxygens (including phenoxy) is 3. The average molecular weight is 1200 g/mol. The van der Waals surface area contributed by atoms with Crippen molar-refractivity contribution in [3.63, 3.8) is 0 Å². The van der Waals surface area contributed by atoms with E-state index in [1.807, 2.05) is 102 Å². The molecule has 86 heavy (non-hydrogen) atoms. The Labute approximate surface area is 507 Å². The molecule has 0 radical (unpaired) electrons. The van der Waals surface area contributed by atoms with Crippen LogP contribution < -0.4 is 30.6 Å². The van der Waals surface area contributed by atoms with Crippen LogP contribution >= 0.6 is 0 Å². The molecule has 0 spiro atoms. The van der Waals surface area contributed by atoms with Gasteiger partial charge >= 0.3 is 0 Å². The number of primary amides is 1. The van der Waals surface area contributed by atoms with Crippen LogP contribution in [0.15, 0.2) is 134 Å². The molecule has 2 aliphatic rings. The maximum Gasteiger partial charge on any atom is 0.245 e. The first-order chi connectivity index (χ1) is 41.3. The smallest absolute Gasteiger partial charge is 0.245 e. The average Bonchev–Trinajstić information content (AvgIpc) is 0.942. The molecule has 20 nitrogen and oxygen atoms in total. The molecule has 0 aliphatic carbocycles. The third-order valence-electron chi connectivity index (χ3n) is 15.3. The van der Waals surface area contributed by atoms with Crippen molar-refractivity contribution < 1.29 is 46.6 Å². The number of benzene rings is 4. The zero-order chi connectivity index (χ0) is 62.1. The van der Waals surface area contributed by atoms with Crippen molar-refractivity contribution in [2.24, 2.45) is 12.8 Å². The van der Waals surface area contributed by atoms with Gasteiger partial charge in [-0.3, -0.25) is 24.0 Å². The number of likely N-dealkylation sites (tertiary alicyclic amines) is 2. The maximum atomic E-state index is 13.9. The zero-order valence-corrected chi connectivity index (χ0v) is 51.8. The largest absolute Gasteiger partial charge is 0.497 e. The number of nitrogens with zero attached hydrogens (tertiary/aromatic N) is 5. The van der Waals surface area contributed by atoms with Gasteiger partial charge in [-0.05, 0) is 72.2 Å². The summed E-state index contributed by atoms with van der Waals surface area (Å²) in [4.78, 5) is 78.8. The van der Waals surface area contributed by atoms with Crippen molar-refractivity contribution in [2.75, 3.05) is 53.3 Å². The number of amides is 5. The number of aromatic amines is 1. The molecule has 21 heteroatoms. The number of aryl methyl sites for hydroxylation is 2. The molecule has 0 bridgehead atoms. The summed E-state index contributed by atoms with van der Waals surface area (Å²) < 4.78 is 45.3. The van der Waals surface area contributed by atoms with Crippen LogP contribution in [0.5, 0.6) is 11.5 Å². The second kappa shape index (κ2) is 33.1. The van der Waals surface area contributed by atoms with Crippen molar-refractivity contribution in [1.82, 2.24) is 44.7 Å². The summed E-state index contributed by atoms with van der Waals surface area (Å²) in [5.41, 5.74) is 9.65. The molecular formula is C65H88N10O10S. The van der Waals surface area contributed by atoms with E-state index in [2.05, 4.69) is 68.4 Å². The number of carbonyl (C=O) groups excluding carboxylic acids is 5. The fraction of sp³-hybridized carbons (Fsp3) is 0.462. The molecule has 1 unspecified atom stereocenters. The first-order valence-electron chi connectivity index (χ1n) is 29.7. The van der Waals surface area contributed by atoms with Gasteiger partial charge in [0, 0.05) is 82.4 Å². The van der Waals surface area contributed by atoms with Crippen LogP contribution in [0.25, 0.3) is 0 Å². The van der Waals surface area contributed by atoms with Crippen LogP contribution in [0, 0.1) is 0 Å². The molecule has 2 fully saturated rings. The van der Waals surface area contributed by atoms with Gasteiger partial charge in [0.15, 0.2) is 0 Å². The number of sulfonamides is 1. The minimum Gasteiger partial charge on any atom is -0.497 e. The number of nitrogens with two attached hydrogens (primary N) is 1. The van der Waals surface area contributed by atoms with Gasteiger partial charge in [0.25, 0.3) is 0 Å². The van der Waals surface area contributed by atoms with E-state index in [0.29, 0.717) is 63.5 Å². The highest BCUT2D eigenvalue weighted by molar-refractivity contribution is 7.88. The van der Waals surface area contributed by atoms with Crippen LogP contribution in [-0.4, -0.2) is 139 Å². The zero-order valence-electron chi connectivity index (χ0n) is 51.0. The standard InChI is InChI=1S/C31H40N4O3.C30H39N5O6S.C4H9NO/c1-4-5-9-18-31(25-10-7-6-8-11-25)21-35(22-31)30(37)28(19-24-12-15-27(38-3)16-13-24)33-29(36)17-14-26-20-34(2)23-32-26;1-4-5-15-41-30(23-9-7-6-8-10-23)19-35(20-30)29(37)27(16-22-11-13-25(40-2)14-12-22)33-28(36)26(34-42(3,38)39)17-24-18-31-21-32-24;1-2-3-4(5)6/h6-8,10-13,15-16,20,23,28H,4-5,9,14,17-19,21-22H2,1-3H3,(H,33,36);6-14,18,21,26-27,34H,4-5,15-17,19-20H2,1-3H3,(H,31,32)(H,33,36);2-3H2,1H3,(H2,5,6)/t28-;26-,27?;/m10./s1. The van der Waals surface area contributed by atoms with Crippen molar-refractivity contribution in [3.05, 3.63) is 168 Å². The predicted octanol–water partition coefficient (Wildman–Crippen LogP) is 6.88. The Morgan fingerprint density at radius 1 is 0.686 bits per heavy atom. The maximum absolute atomic E-state index is 13.9. The molecular weight excluding hydrogens is 1110 g/mol. The van der Waals surface area contributed by atoms with E-state index in [0.717, 1.165) is 66.5 Å². The lowest BCUT2D eigenvalue weighted by atomic mass is 9.70. The number of imidazole rings is 2. The first kappa shape index (κ1) is 67.2. The van der Waals surface area contributed by atoms with Gasteiger partial charge in [-0.15, -0.1) is 0 Å². The highest BCUT2D eigenvalue weighted by Gasteiger charge is 2.50. The van der Waals surface area contributed by atoms with Crippen LogP contribution in [0.3, 0.4) is 0 Å². The third kappa shape index (κ3) is 20.4. The summed E-state index contributed by atoms with van der Waals surface area (Å²) in [7, 11) is 1.38. The molecule has 464 valence electrons. The lowest BCUT2D eigenvalue weighted by molar-refractivity contribution is -0.175. The lowest BCUT2D eigenvalue weighted by Crippen LogP contribution is -2.66. The highest BCUT2D eigenvalue weighted by atomic mass is 32.2. The van der Waals surface area contributed by atoms with Crippen LogP contribution in [0.2, 0.25) is 0 Å². The molecule has 4 aromatic carbocycles. The molecule has 2 aromatic heterocycles. The minimum absolute atomic E-state index is 0.0141. The van der Waals surface area contributed by atoms with E-state index in [-0.39, 0.29) is 48.3 Å². The number of hydrogen-bond acceptors (Lipinski definition) is 12. The van der Waals surface area contributed by atoms with E-state index in [4.69, 9.17) is 19.9 Å². The minimum atomic E-state index is -3.73. The van der Waals surface area contributed by atoms with Crippen LogP contribution in [0.4, 0.5) is 0 Å². The van der Waals surface area contributed by atoms with E-state index in [1.54, 1.807) is 37.6 Å². The van der Waals surface area contributed by atoms with Crippen molar-refractivity contribution in [2.45, 2.75) is 133 Å². The van der Waals surface area contributed by atoms with E-state index >= 15 is 0 Å². The predicted molar refractivity (Wildman–Crippen MR) is 331 cm³/mol. The van der Waals surface area contributed by atoms with E-state index < -0.39 is 39.7 Å². The van der Waals surface area contributed by atoms with Gasteiger partial charge in [-0.2, -0.15) is 0 Å². The number of nitrogens with one attached hydrogen (secondary N) is 4. The molecule has 5 amide bonds. The summed E-state index contributed by atoms with van der Waals surface area (Å²) in [6, 6.07) is 32.6. The van der Waals surface area contributed by atoms with Crippen molar-refractivity contribution >= 4 is 39.6 Å². The van der Waals surface area contributed by atoms with E-state index in [9.17, 15) is 32.4 Å². The highest BCUT2D eigenvalue weighted by Crippen LogP contribution is 2.40. The van der Waals surface area contributed by atoms with Gasteiger partial charge in [0.1, 0.15) is 35.2 Å². The van der Waals surface area contributed by atoms with Crippen LogP contribution in [-0.2, 0) is 82.5 Å². The van der Waals surface area contributed by atoms with Gasteiger partial charge in [-0.1, -0.05) is 131 Å². The van der Waals surface area contributed by atoms with Gasteiger partial charge in [-0.25, -0.2) is 23.1 Å². The van der Waals surface area contributed by atoms with Crippen molar-refractivity contribution in [3.8, 4) is 11.5 Å². The molecule has 2 aliphatic heterocycles. The van der Waals surface area contributed by atoms with Gasteiger partial charge in [0.2, 0.25) is 39.6 Å². The molecule has 2 saturated heterocycles. The number of aromatic nitrogens is 4. The molecule has 8 rings (SSSR count). The Morgan fingerprint density at radius 3 is 1.72 bits per heavy atom. The fourth-order valence-corrected chi connectivity index (χ4v) is 11.3.